The molecule has 2 saturated heterocycles. The fraction of sp³-hybridized carbons (Fsp3) is 0.520. The highest BCUT2D eigenvalue weighted by atomic mass is 16.5. The minimum absolute atomic E-state index is 0.0693. The molecule has 2 aliphatic heterocycles. The number of anilines is 2. The van der Waals surface area contributed by atoms with Gasteiger partial charge in [0.15, 0.2) is 0 Å². The number of nitrogen functional groups attached to an aromatic ring is 1. The first kappa shape index (κ1) is 24.7. The van der Waals surface area contributed by atoms with Gasteiger partial charge in [-0.2, -0.15) is 0 Å². The molecule has 0 saturated carbocycles. The summed E-state index contributed by atoms with van der Waals surface area (Å²) < 4.78 is 11.7. The van der Waals surface area contributed by atoms with Crippen LogP contribution in [0.2, 0.25) is 0 Å². The van der Waals surface area contributed by atoms with Crippen LogP contribution in [0.25, 0.3) is 0 Å². The van der Waals surface area contributed by atoms with Gasteiger partial charge in [-0.05, 0) is 57.0 Å². The topological polar surface area (TPSA) is 84.5 Å². The molecule has 6 heteroatoms. The first-order chi connectivity index (χ1) is 15.0. The number of hydrogen-bond donors (Lipinski definition) is 2. The van der Waals surface area contributed by atoms with E-state index in [0.29, 0.717) is 29.2 Å². The molecule has 31 heavy (non-hydrogen) atoms. The molecule has 0 amide bonds. The number of rotatable bonds is 5. The number of morpholine rings is 1. The van der Waals surface area contributed by atoms with Crippen molar-refractivity contribution < 1.29 is 9.47 Å². The highest BCUT2D eigenvalue weighted by Crippen LogP contribution is 2.30. The maximum atomic E-state index is 8.69. The molecule has 3 heterocycles. The first-order valence-corrected chi connectivity index (χ1v) is 11.5. The van der Waals surface area contributed by atoms with Gasteiger partial charge >= 0.3 is 0 Å². The predicted molar refractivity (Wildman–Crippen MR) is 130 cm³/mol. The zero-order chi connectivity index (χ0) is 23.0. The van der Waals surface area contributed by atoms with Gasteiger partial charge in [0.2, 0.25) is 0 Å². The summed E-state index contributed by atoms with van der Waals surface area (Å²) in [6, 6.07) is 9.31. The van der Waals surface area contributed by atoms with Crippen molar-refractivity contribution in [2.24, 2.45) is 0 Å². The quantitative estimate of drug-likeness (QED) is 0.501. The van der Waals surface area contributed by atoms with Crippen LogP contribution in [-0.2, 0) is 4.74 Å². The normalized spacial score (nSPS) is 19.1. The highest BCUT2D eigenvalue weighted by molar-refractivity contribution is 6.14. The maximum Gasteiger partial charge on any atom is 0.129 e. The number of hydrogen-bond acceptors (Lipinski definition) is 6. The van der Waals surface area contributed by atoms with E-state index in [-0.39, 0.29) is 6.10 Å². The van der Waals surface area contributed by atoms with Crippen molar-refractivity contribution in [3.8, 4) is 5.75 Å². The molecule has 0 radical (unpaired) electrons. The largest absolute Gasteiger partial charge is 0.491 e. The van der Waals surface area contributed by atoms with Gasteiger partial charge in [0.25, 0.3) is 0 Å². The van der Waals surface area contributed by atoms with E-state index in [1.807, 2.05) is 65.8 Å². The van der Waals surface area contributed by atoms with Gasteiger partial charge in [0, 0.05) is 36.1 Å². The second-order valence-electron chi connectivity index (χ2n) is 7.56. The molecule has 6 nitrogen and oxygen atoms in total. The van der Waals surface area contributed by atoms with Gasteiger partial charge < -0.3 is 20.1 Å². The first-order valence-electron chi connectivity index (χ1n) is 11.5. The second-order valence-corrected chi connectivity index (χ2v) is 7.56. The molecule has 170 valence electrons. The third kappa shape index (κ3) is 6.20. The molecule has 4 rings (SSSR count). The summed E-state index contributed by atoms with van der Waals surface area (Å²) in [5.41, 5.74) is 8.56. The summed E-state index contributed by atoms with van der Waals surface area (Å²) in [4.78, 5) is 6.80. The molecule has 3 N–H and O–H groups in total. The van der Waals surface area contributed by atoms with Crippen LogP contribution in [0.5, 0.6) is 5.75 Å². The lowest BCUT2D eigenvalue weighted by atomic mass is 10.0. The number of pyridine rings is 1. The van der Waals surface area contributed by atoms with Crippen LogP contribution >= 0.6 is 0 Å². The van der Waals surface area contributed by atoms with E-state index >= 15 is 0 Å². The van der Waals surface area contributed by atoms with E-state index in [4.69, 9.17) is 20.6 Å². The average molecular weight is 427 g/mol. The molecule has 2 atom stereocenters. The number of ether oxygens (including phenoxy) is 2. The summed E-state index contributed by atoms with van der Waals surface area (Å²) in [6.07, 6.45) is 4.68. The fourth-order valence-corrected chi connectivity index (χ4v) is 3.80. The third-order valence-electron chi connectivity index (χ3n) is 5.07. The van der Waals surface area contributed by atoms with Crippen LogP contribution in [0.3, 0.4) is 0 Å². The van der Waals surface area contributed by atoms with Gasteiger partial charge in [-0.25, -0.2) is 4.98 Å². The van der Waals surface area contributed by atoms with E-state index < -0.39 is 0 Å². The predicted octanol–water partition coefficient (Wildman–Crippen LogP) is 5.29. The Labute approximate surface area is 187 Å². The van der Waals surface area contributed by atoms with Crippen LogP contribution < -0.4 is 15.4 Å². The lowest BCUT2D eigenvalue weighted by molar-refractivity contribution is 0.0302. The lowest BCUT2D eigenvalue weighted by Crippen LogP contribution is -2.43. The van der Waals surface area contributed by atoms with Crippen molar-refractivity contribution in [3.05, 3.63) is 47.7 Å². The standard InChI is InChI=1S/C21H26N4O2.2C2H6/c1-13(2)26-15-5-6-19(22)18(10-15)21(23)14-7-8-24-20(9-14)25-11-16-3-4-17(12-25)27-16;2*1-2/h5-10,13,16-17,23H,3-4,11-12,22H2,1-2H3;2*1-2H3. The Morgan fingerprint density at radius 1 is 1.10 bits per heavy atom. The minimum atomic E-state index is 0.0693. The molecular formula is C25H38N4O2. The summed E-state index contributed by atoms with van der Waals surface area (Å²) in [6.45, 7) is 13.7. The molecule has 2 fully saturated rings. The summed E-state index contributed by atoms with van der Waals surface area (Å²) in [7, 11) is 0. The van der Waals surface area contributed by atoms with Crippen molar-refractivity contribution in [2.45, 2.75) is 72.7 Å². The van der Waals surface area contributed by atoms with Crippen LogP contribution in [0.1, 0.15) is 65.5 Å². The van der Waals surface area contributed by atoms with Crippen molar-refractivity contribution in [3.63, 3.8) is 0 Å². The van der Waals surface area contributed by atoms with Gasteiger partial charge in [-0.15, -0.1) is 0 Å². The zero-order valence-electron chi connectivity index (χ0n) is 19.8. The average Bonchev–Trinajstić information content (AvgIpc) is 3.14. The van der Waals surface area contributed by atoms with Crippen LogP contribution in [-0.4, -0.2) is 42.1 Å². The Bertz CT molecular complexity index is 841. The van der Waals surface area contributed by atoms with Crippen molar-refractivity contribution >= 4 is 17.2 Å². The van der Waals surface area contributed by atoms with E-state index in [2.05, 4.69) is 9.88 Å². The molecule has 1 aromatic heterocycles. The number of benzene rings is 1. The second kappa shape index (κ2) is 11.7. The summed E-state index contributed by atoms with van der Waals surface area (Å²) >= 11 is 0. The molecule has 2 bridgehead atoms. The highest BCUT2D eigenvalue weighted by Gasteiger charge is 2.34. The van der Waals surface area contributed by atoms with Crippen molar-refractivity contribution in [1.29, 1.82) is 5.41 Å². The van der Waals surface area contributed by atoms with Crippen molar-refractivity contribution in [2.75, 3.05) is 23.7 Å². The summed E-state index contributed by atoms with van der Waals surface area (Å²) in [5.74, 6) is 1.61. The van der Waals surface area contributed by atoms with E-state index in [1.54, 1.807) is 12.3 Å². The van der Waals surface area contributed by atoms with Gasteiger partial charge in [0.1, 0.15) is 11.6 Å². The molecule has 2 unspecified atom stereocenters. The Morgan fingerprint density at radius 3 is 2.35 bits per heavy atom. The Hall–Kier alpha value is -2.60. The number of aromatic nitrogens is 1. The molecule has 2 aromatic rings. The van der Waals surface area contributed by atoms with Crippen LogP contribution in [0.4, 0.5) is 11.5 Å². The lowest BCUT2D eigenvalue weighted by Gasteiger charge is -2.33. The van der Waals surface area contributed by atoms with Gasteiger partial charge in [0.05, 0.1) is 24.0 Å². The Kier molecular flexibility index (Phi) is 9.31. The van der Waals surface area contributed by atoms with Crippen molar-refractivity contribution in [1.82, 2.24) is 4.98 Å². The number of nitrogens with zero attached hydrogens (tertiary/aromatic N) is 2. The summed E-state index contributed by atoms with van der Waals surface area (Å²) in [5, 5.41) is 8.69. The molecular weight excluding hydrogens is 388 g/mol. The Balaban J connectivity index is 0.000000807. The minimum Gasteiger partial charge on any atom is -0.491 e. The van der Waals surface area contributed by atoms with Gasteiger partial charge in [-0.1, -0.05) is 27.7 Å². The zero-order valence-corrected chi connectivity index (χ0v) is 19.8. The molecule has 0 aliphatic carbocycles. The number of nitrogens with one attached hydrogen (secondary N) is 1. The smallest absolute Gasteiger partial charge is 0.129 e. The number of fused-ring (bicyclic) bond motifs is 2. The molecule has 2 aliphatic rings. The van der Waals surface area contributed by atoms with E-state index in [9.17, 15) is 0 Å². The van der Waals surface area contributed by atoms with Gasteiger partial charge in [-0.3, -0.25) is 5.41 Å². The van der Waals surface area contributed by atoms with Crippen LogP contribution in [0.15, 0.2) is 36.5 Å². The van der Waals surface area contributed by atoms with Crippen LogP contribution in [0, 0.1) is 5.41 Å². The molecule has 1 aromatic carbocycles. The van der Waals surface area contributed by atoms with E-state index in [0.717, 1.165) is 43.1 Å². The molecule has 0 spiro atoms. The Morgan fingerprint density at radius 2 is 1.74 bits per heavy atom. The number of nitrogens with two attached hydrogens (primary N) is 1. The fourth-order valence-electron chi connectivity index (χ4n) is 3.80. The SMILES string of the molecule is CC.CC.CC(C)Oc1ccc(N)c(C(=N)c2ccnc(N3CC4CCC(C3)O4)c2)c1. The van der Waals surface area contributed by atoms with E-state index in [1.165, 1.54) is 0 Å². The monoisotopic (exact) mass is 426 g/mol. The third-order valence-corrected chi connectivity index (χ3v) is 5.07. The maximum absolute atomic E-state index is 8.69.